The third-order valence-corrected chi connectivity index (χ3v) is 4.60. The second-order valence-corrected chi connectivity index (χ2v) is 7.18. The Labute approximate surface area is 119 Å². The largest absolute Gasteiger partial charge is 0.314 e. The van der Waals surface area contributed by atoms with Crippen LogP contribution in [0.15, 0.2) is 18.2 Å². The van der Waals surface area contributed by atoms with Crippen LogP contribution in [0.3, 0.4) is 0 Å². The Morgan fingerprint density at radius 3 is 2.70 bits per heavy atom. The van der Waals surface area contributed by atoms with Crippen molar-refractivity contribution < 1.29 is 12.8 Å². The fourth-order valence-electron chi connectivity index (χ4n) is 1.93. The van der Waals surface area contributed by atoms with Crippen LogP contribution in [0.1, 0.15) is 31.2 Å². The third-order valence-electron chi connectivity index (χ3n) is 3.24. The molecule has 0 spiro atoms. The minimum Gasteiger partial charge on any atom is -0.314 e. The van der Waals surface area contributed by atoms with Crippen molar-refractivity contribution in [3.05, 3.63) is 29.6 Å². The summed E-state index contributed by atoms with van der Waals surface area (Å²) in [7, 11) is -3.47. The van der Waals surface area contributed by atoms with E-state index < -0.39 is 15.8 Å². The van der Waals surface area contributed by atoms with Gasteiger partial charge in [-0.25, -0.2) is 12.8 Å². The van der Waals surface area contributed by atoms with Gasteiger partial charge in [-0.05, 0) is 56.8 Å². The molecule has 0 bridgehead atoms. The molecule has 1 saturated carbocycles. The predicted octanol–water partition coefficient (Wildman–Crippen LogP) is 2.41. The zero-order chi connectivity index (χ0) is 14.6. The number of aryl methyl sites for hydroxylation is 1. The maximum atomic E-state index is 13.6. The Balaban J connectivity index is 1.77. The van der Waals surface area contributed by atoms with Crippen molar-refractivity contribution in [1.82, 2.24) is 5.32 Å². The maximum Gasteiger partial charge on any atom is 0.232 e. The number of anilines is 1. The van der Waals surface area contributed by atoms with Crippen LogP contribution in [0.5, 0.6) is 0 Å². The molecule has 0 amide bonds. The number of rotatable bonds is 8. The molecule has 0 aromatic heterocycles. The summed E-state index contributed by atoms with van der Waals surface area (Å²) in [5.41, 5.74) is 0.781. The van der Waals surface area contributed by atoms with Crippen molar-refractivity contribution in [3.8, 4) is 0 Å². The Morgan fingerprint density at radius 2 is 2.05 bits per heavy atom. The number of sulfonamides is 1. The molecule has 0 saturated heterocycles. The highest BCUT2D eigenvalue weighted by atomic mass is 32.2. The van der Waals surface area contributed by atoms with E-state index in [4.69, 9.17) is 0 Å². The van der Waals surface area contributed by atoms with Gasteiger partial charge in [0.25, 0.3) is 0 Å². The van der Waals surface area contributed by atoms with Gasteiger partial charge >= 0.3 is 0 Å². The number of hydrogen-bond donors (Lipinski definition) is 2. The summed E-state index contributed by atoms with van der Waals surface area (Å²) in [5.74, 6) is -0.517. The molecule has 0 atom stereocenters. The van der Waals surface area contributed by atoms with E-state index >= 15 is 0 Å². The number of hydrogen-bond acceptors (Lipinski definition) is 3. The van der Waals surface area contributed by atoms with Crippen LogP contribution in [0.2, 0.25) is 0 Å². The van der Waals surface area contributed by atoms with Gasteiger partial charge < -0.3 is 5.32 Å². The van der Waals surface area contributed by atoms with Gasteiger partial charge in [0.1, 0.15) is 5.82 Å². The molecule has 0 heterocycles. The van der Waals surface area contributed by atoms with Crippen molar-refractivity contribution in [2.24, 2.45) is 0 Å². The minimum absolute atomic E-state index is 0.0201. The third kappa shape index (κ3) is 5.09. The average molecular weight is 300 g/mol. The van der Waals surface area contributed by atoms with Gasteiger partial charge in [-0.2, -0.15) is 0 Å². The molecular formula is C14H21FN2O2S. The standard InChI is InChI=1S/C14H21FN2O2S/c1-11-4-7-14(13(15)10-11)17-20(18,19)9-3-2-8-16-12-5-6-12/h4,7,10,12,16-17H,2-3,5-6,8-9H2,1H3. The lowest BCUT2D eigenvalue weighted by atomic mass is 10.2. The van der Waals surface area contributed by atoms with E-state index in [-0.39, 0.29) is 11.4 Å². The summed E-state index contributed by atoms with van der Waals surface area (Å²) in [5, 5.41) is 3.33. The van der Waals surface area contributed by atoms with Gasteiger partial charge in [-0.15, -0.1) is 0 Å². The van der Waals surface area contributed by atoms with Crippen LogP contribution < -0.4 is 10.0 Å². The first-order valence-corrected chi connectivity index (χ1v) is 8.61. The van der Waals surface area contributed by atoms with Crippen molar-refractivity contribution in [1.29, 1.82) is 0 Å². The van der Waals surface area contributed by atoms with Gasteiger partial charge in [0.2, 0.25) is 10.0 Å². The Bertz CT molecular complexity index is 556. The molecular weight excluding hydrogens is 279 g/mol. The highest BCUT2D eigenvalue weighted by Gasteiger charge is 2.19. The summed E-state index contributed by atoms with van der Waals surface area (Å²) in [6, 6.07) is 5.10. The quantitative estimate of drug-likeness (QED) is 0.725. The minimum atomic E-state index is -3.47. The van der Waals surface area contributed by atoms with Crippen LogP contribution in [-0.4, -0.2) is 26.8 Å². The number of benzene rings is 1. The molecule has 0 radical (unpaired) electrons. The lowest BCUT2D eigenvalue weighted by Crippen LogP contribution is -2.21. The van der Waals surface area contributed by atoms with E-state index in [1.54, 1.807) is 13.0 Å². The van der Waals surface area contributed by atoms with Gasteiger partial charge in [0.05, 0.1) is 11.4 Å². The van der Waals surface area contributed by atoms with E-state index in [2.05, 4.69) is 10.0 Å². The summed E-state index contributed by atoms with van der Waals surface area (Å²) in [6.45, 7) is 2.60. The molecule has 20 heavy (non-hydrogen) atoms. The number of halogens is 1. The molecule has 112 valence electrons. The van der Waals surface area contributed by atoms with Crippen molar-refractivity contribution >= 4 is 15.7 Å². The van der Waals surface area contributed by atoms with Gasteiger partial charge in [0.15, 0.2) is 0 Å². The lowest BCUT2D eigenvalue weighted by molar-refractivity contribution is 0.589. The Kier molecular flexibility index (Phi) is 4.99. The fourth-order valence-corrected chi connectivity index (χ4v) is 3.12. The highest BCUT2D eigenvalue weighted by molar-refractivity contribution is 7.92. The molecule has 2 rings (SSSR count). The van der Waals surface area contributed by atoms with Crippen molar-refractivity contribution in [2.75, 3.05) is 17.0 Å². The van der Waals surface area contributed by atoms with E-state index in [0.717, 1.165) is 18.5 Å². The second kappa shape index (κ2) is 6.54. The van der Waals surface area contributed by atoms with E-state index in [1.165, 1.54) is 25.0 Å². The second-order valence-electron chi connectivity index (χ2n) is 5.34. The number of nitrogens with one attached hydrogen (secondary N) is 2. The van der Waals surface area contributed by atoms with Crippen LogP contribution in [0.4, 0.5) is 10.1 Å². The number of unbranched alkanes of at least 4 members (excludes halogenated alkanes) is 1. The molecule has 1 fully saturated rings. The highest BCUT2D eigenvalue weighted by Crippen LogP contribution is 2.19. The van der Waals surface area contributed by atoms with Gasteiger partial charge in [-0.1, -0.05) is 6.07 Å². The van der Waals surface area contributed by atoms with Crippen LogP contribution in [0.25, 0.3) is 0 Å². The van der Waals surface area contributed by atoms with Crippen molar-refractivity contribution in [3.63, 3.8) is 0 Å². The van der Waals surface area contributed by atoms with Gasteiger partial charge in [-0.3, -0.25) is 4.72 Å². The van der Waals surface area contributed by atoms with E-state index in [9.17, 15) is 12.8 Å². The average Bonchev–Trinajstić information content (AvgIpc) is 3.16. The molecule has 1 aromatic rings. The molecule has 4 nitrogen and oxygen atoms in total. The maximum absolute atomic E-state index is 13.6. The summed E-state index contributed by atoms with van der Waals surface area (Å²) in [6.07, 6.45) is 3.84. The molecule has 0 aliphatic heterocycles. The summed E-state index contributed by atoms with van der Waals surface area (Å²) < 4.78 is 39.6. The first-order valence-electron chi connectivity index (χ1n) is 6.96. The molecule has 2 N–H and O–H groups in total. The van der Waals surface area contributed by atoms with Crippen LogP contribution in [0, 0.1) is 12.7 Å². The predicted molar refractivity (Wildman–Crippen MR) is 78.8 cm³/mol. The zero-order valence-corrected chi connectivity index (χ0v) is 12.5. The Hall–Kier alpha value is -1.14. The Morgan fingerprint density at radius 1 is 1.30 bits per heavy atom. The van der Waals surface area contributed by atoms with Crippen molar-refractivity contribution in [2.45, 2.75) is 38.6 Å². The molecule has 6 heteroatoms. The molecule has 0 unspecified atom stereocenters. The fraction of sp³-hybridized carbons (Fsp3) is 0.571. The normalized spacial score (nSPS) is 15.3. The zero-order valence-electron chi connectivity index (χ0n) is 11.7. The lowest BCUT2D eigenvalue weighted by Gasteiger charge is -2.09. The monoisotopic (exact) mass is 300 g/mol. The topological polar surface area (TPSA) is 58.2 Å². The first-order chi connectivity index (χ1) is 9.46. The van der Waals surface area contributed by atoms with Crippen LogP contribution in [-0.2, 0) is 10.0 Å². The molecule has 1 aromatic carbocycles. The van der Waals surface area contributed by atoms with E-state index in [0.29, 0.717) is 12.5 Å². The molecule has 1 aliphatic rings. The van der Waals surface area contributed by atoms with Crippen LogP contribution >= 0.6 is 0 Å². The first kappa shape index (κ1) is 15.3. The summed E-state index contributed by atoms with van der Waals surface area (Å²) >= 11 is 0. The van der Waals surface area contributed by atoms with E-state index in [1.807, 2.05) is 0 Å². The summed E-state index contributed by atoms with van der Waals surface area (Å²) in [4.78, 5) is 0. The SMILES string of the molecule is Cc1ccc(NS(=O)(=O)CCCCNC2CC2)c(F)c1. The smallest absolute Gasteiger partial charge is 0.232 e. The van der Waals surface area contributed by atoms with Gasteiger partial charge in [0, 0.05) is 6.04 Å². The molecule has 1 aliphatic carbocycles.